The highest BCUT2D eigenvalue weighted by molar-refractivity contribution is 6.03. The number of ether oxygens (including phenoxy) is 2. The predicted molar refractivity (Wildman–Crippen MR) is 100 cm³/mol. The number of carbonyl (C=O) groups is 2. The van der Waals surface area contributed by atoms with Crippen molar-refractivity contribution in [3.63, 3.8) is 0 Å². The Kier molecular flexibility index (Phi) is 3.87. The Morgan fingerprint density at radius 2 is 2.26 bits per heavy atom. The smallest absolute Gasteiger partial charge is 0.408 e. The van der Waals surface area contributed by atoms with Gasteiger partial charge in [-0.05, 0) is 44.4 Å². The number of pyridine rings is 1. The van der Waals surface area contributed by atoms with Gasteiger partial charge in [0.15, 0.2) is 5.60 Å². The van der Waals surface area contributed by atoms with E-state index < -0.39 is 11.5 Å². The summed E-state index contributed by atoms with van der Waals surface area (Å²) in [6, 6.07) is 5.28. The van der Waals surface area contributed by atoms with Gasteiger partial charge in [-0.1, -0.05) is 0 Å². The fourth-order valence-corrected chi connectivity index (χ4v) is 3.80. The van der Waals surface area contributed by atoms with Gasteiger partial charge in [-0.3, -0.25) is 4.79 Å². The summed E-state index contributed by atoms with van der Waals surface area (Å²) in [5.41, 5.74) is 5.28. The number of hydrogen-bond donors (Lipinski definition) is 2. The number of benzene rings is 1. The summed E-state index contributed by atoms with van der Waals surface area (Å²) in [6.45, 7) is 6.81. The highest BCUT2D eigenvalue weighted by Crippen LogP contribution is 2.37. The Labute approximate surface area is 156 Å². The van der Waals surface area contributed by atoms with E-state index in [1.165, 1.54) is 0 Å². The summed E-state index contributed by atoms with van der Waals surface area (Å²) >= 11 is 0. The van der Waals surface area contributed by atoms with Crippen molar-refractivity contribution in [2.45, 2.75) is 38.5 Å². The molecule has 2 aliphatic rings. The van der Waals surface area contributed by atoms with E-state index in [1.54, 1.807) is 12.3 Å². The van der Waals surface area contributed by atoms with Gasteiger partial charge in [0.25, 0.3) is 5.91 Å². The average molecular weight is 370 g/mol. The van der Waals surface area contributed by atoms with Gasteiger partial charge in [0, 0.05) is 18.1 Å². The molecule has 1 aromatic heterocycles. The predicted octanol–water partition coefficient (Wildman–Crippen LogP) is 1.81. The van der Waals surface area contributed by atoms with Crippen LogP contribution in [0.2, 0.25) is 0 Å². The Hall–Kier alpha value is -3.03. The fourth-order valence-electron chi connectivity index (χ4n) is 3.80. The molecule has 2 atom stereocenters. The van der Waals surface area contributed by atoms with Crippen LogP contribution in [0.15, 0.2) is 24.4 Å². The second-order valence-corrected chi connectivity index (χ2v) is 7.51. The molecule has 1 aromatic carbocycles. The fraction of sp³-hybridized carbons (Fsp3) is 0.421. The molecule has 2 amide bonds. The molecule has 4 rings (SSSR count). The molecule has 27 heavy (non-hydrogen) atoms. The third-order valence-electron chi connectivity index (χ3n) is 5.03. The van der Waals surface area contributed by atoms with E-state index in [-0.39, 0.29) is 18.2 Å². The normalized spacial score (nSPS) is 24.1. The highest BCUT2D eigenvalue weighted by atomic mass is 16.6. The van der Waals surface area contributed by atoms with Crippen molar-refractivity contribution in [3.8, 4) is 5.75 Å². The number of carbonyl (C=O) groups excluding carboxylic acids is 2. The molecule has 142 valence electrons. The van der Waals surface area contributed by atoms with Crippen LogP contribution in [0.5, 0.6) is 5.75 Å². The minimum atomic E-state index is -0.592. The van der Waals surface area contributed by atoms with Crippen LogP contribution in [-0.4, -0.2) is 47.8 Å². The molecule has 0 saturated carbocycles. The van der Waals surface area contributed by atoms with E-state index >= 15 is 0 Å². The summed E-state index contributed by atoms with van der Waals surface area (Å²) in [4.78, 5) is 30.0. The summed E-state index contributed by atoms with van der Waals surface area (Å²) in [7, 11) is 0. The maximum absolute atomic E-state index is 11.9. The molecule has 3 N–H and O–H groups in total. The quantitative estimate of drug-likeness (QED) is 0.850. The number of nitrogens with two attached hydrogens (primary N) is 1. The largest absolute Gasteiger partial charge is 0.490 e. The van der Waals surface area contributed by atoms with E-state index in [9.17, 15) is 9.59 Å². The van der Waals surface area contributed by atoms with Crippen molar-refractivity contribution in [1.29, 1.82) is 0 Å². The van der Waals surface area contributed by atoms with Gasteiger partial charge >= 0.3 is 6.09 Å². The van der Waals surface area contributed by atoms with E-state index in [4.69, 9.17) is 15.2 Å². The summed E-state index contributed by atoms with van der Waals surface area (Å²) in [6.07, 6.45) is 1.21. The summed E-state index contributed by atoms with van der Waals surface area (Å²) in [5, 5.41) is 4.55. The van der Waals surface area contributed by atoms with Gasteiger partial charge < -0.3 is 25.4 Å². The van der Waals surface area contributed by atoms with Crippen LogP contribution < -0.4 is 20.7 Å². The number of fused-ring (bicyclic) bond motifs is 2. The monoisotopic (exact) mass is 370 g/mol. The Bertz CT molecular complexity index is 945. The SMILES string of the molecule is CC(C)Oc1cc2c(N3C[C@@H]4NC(=O)O[C@]4(C)C3)nccc2cc1C(N)=O. The number of alkyl carbamates (subject to hydrolysis) is 1. The lowest BCUT2D eigenvalue weighted by Gasteiger charge is -2.23. The van der Waals surface area contributed by atoms with E-state index in [0.29, 0.717) is 24.4 Å². The molecule has 8 heteroatoms. The summed E-state index contributed by atoms with van der Waals surface area (Å²) in [5.74, 6) is 0.658. The van der Waals surface area contributed by atoms with Gasteiger partial charge in [-0.15, -0.1) is 0 Å². The molecule has 2 fully saturated rings. The van der Waals surface area contributed by atoms with Gasteiger partial charge in [-0.25, -0.2) is 9.78 Å². The first-order chi connectivity index (χ1) is 12.8. The standard InChI is InChI=1S/C19H22N4O4/c1-10(2)26-14-7-12-11(6-13(14)16(20)24)4-5-21-17(12)23-8-15-19(3,9-23)27-18(25)22-15/h4-7,10,15H,8-9H2,1-3H3,(H2,20,24)(H,22,25)/t15-,19+/m0/s1. The van der Waals surface area contributed by atoms with Crippen molar-refractivity contribution in [1.82, 2.24) is 10.3 Å². The van der Waals surface area contributed by atoms with Crippen LogP contribution in [-0.2, 0) is 4.74 Å². The number of hydrogen-bond acceptors (Lipinski definition) is 6. The molecule has 0 aliphatic carbocycles. The Morgan fingerprint density at radius 1 is 1.48 bits per heavy atom. The number of rotatable bonds is 4. The van der Waals surface area contributed by atoms with Crippen LogP contribution in [0.3, 0.4) is 0 Å². The first-order valence-corrected chi connectivity index (χ1v) is 8.90. The van der Waals surface area contributed by atoms with Crippen molar-refractivity contribution < 1.29 is 19.1 Å². The third-order valence-corrected chi connectivity index (χ3v) is 5.03. The van der Waals surface area contributed by atoms with Crippen molar-refractivity contribution in [3.05, 3.63) is 30.0 Å². The van der Waals surface area contributed by atoms with E-state index in [2.05, 4.69) is 15.2 Å². The number of anilines is 1. The van der Waals surface area contributed by atoms with Crippen LogP contribution >= 0.6 is 0 Å². The maximum atomic E-state index is 11.9. The Balaban J connectivity index is 1.78. The van der Waals surface area contributed by atoms with Gasteiger partial charge in [0.1, 0.15) is 11.6 Å². The molecule has 0 bridgehead atoms. The molecule has 2 aromatic rings. The summed E-state index contributed by atoms with van der Waals surface area (Å²) < 4.78 is 11.3. The number of aromatic nitrogens is 1. The van der Waals surface area contributed by atoms with Crippen LogP contribution in [0, 0.1) is 0 Å². The van der Waals surface area contributed by atoms with Crippen molar-refractivity contribution >= 4 is 28.6 Å². The van der Waals surface area contributed by atoms with E-state index in [1.807, 2.05) is 32.9 Å². The second kappa shape index (κ2) is 6.00. The van der Waals surface area contributed by atoms with Crippen molar-refractivity contribution in [2.75, 3.05) is 18.0 Å². The molecule has 2 saturated heterocycles. The van der Waals surface area contributed by atoms with Gasteiger partial charge in [0.2, 0.25) is 0 Å². The number of primary amides is 1. The van der Waals surface area contributed by atoms with Gasteiger partial charge in [-0.2, -0.15) is 0 Å². The molecule has 8 nitrogen and oxygen atoms in total. The second-order valence-electron chi connectivity index (χ2n) is 7.51. The minimum Gasteiger partial charge on any atom is -0.490 e. The molecular weight excluding hydrogens is 348 g/mol. The zero-order chi connectivity index (χ0) is 19.3. The number of nitrogens with one attached hydrogen (secondary N) is 1. The van der Waals surface area contributed by atoms with E-state index in [0.717, 1.165) is 16.6 Å². The number of amides is 2. The average Bonchev–Trinajstić information content (AvgIpc) is 3.02. The molecule has 2 aliphatic heterocycles. The van der Waals surface area contributed by atoms with Crippen LogP contribution in [0.4, 0.5) is 10.6 Å². The molecule has 0 radical (unpaired) electrons. The topological polar surface area (TPSA) is 107 Å². The molecule has 0 unspecified atom stereocenters. The van der Waals surface area contributed by atoms with Crippen LogP contribution in [0.1, 0.15) is 31.1 Å². The van der Waals surface area contributed by atoms with Crippen LogP contribution in [0.25, 0.3) is 10.8 Å². The first kappa shape index (κ1) is 17.4. The minimum absolute atomic E-state index is 0.0988. The highest BCUT2D eigenvalue weighted by Gasteiger charge is 2.52. The lowest BCUT2D eigenvalue weighted by molar-refractivity contribution is 0.0761. The Morgan fingerprint density at radius 3 is 2.93 bits per heavy atom. The lowest BCUT2D eigenvalue weighted by Crippen LogP contribution is -2.39. The first-order valence-electron chi connectivity index (χ1n) is 8.90. The zero-order valence-electron chi connectivity index (χ0n) is 15.5. The molecular formula is C19H22N4O4. The lowest BCUT2D eigenvalue weighted by atomic mass is 10.0. The van der Waals surface area contributed by atoms with Crippen molar-refractivity contribution in [2.24, 2.45) is 5.73 Å². The molecule has 3 heterocycles. The molecule has 0 spiro atoms. The van der Waals surface area contributed by atoms with Gasteiger partial charge in [0.05, 0.1) is 24.3 Å². The maximum Gasteiger partial charge on any atom is 0.408 e. The number of nitrogens with zero attached hydrogens (tertiary/aromatic N) is 2. The third kappa shape index (κ3) is 2.90. The zero-order valence-corrected chi connectivity index (χ0v) is 15.5.